The molecule has 10 rings (SSSR count). The molecule has 4 aliphatic heterocycles. The Kier molecular flexibility index (Phi) is 18.2. The Morgan fingerprint density at radius 2 is 1.06 bits per heavy atom. The van der Waals surface area contributed by atoms with Crippen LogP contribution in [0.3, 0.4) is 0 Å². The van der Waals surface area contributed by atoms with Gasteiger partial charge in [0.2, 0.25) is 11.2 Å². The number of nitrogens with two attached hydrogens (primary N) is 2. The molecular weight excluding hydrogens is 1120 g/mol. The maximum absolute atomic E-state index is 13.9. The van der Waals surface area contributed by atoms with Crippen LogP contribution in [0, 0.1) is 22.7 Å². The number of benzene rings is 2. The fraction of sp³-hybridized carbons (Fsp3) is 0.440. The molecule has 436 valence electrons. The summed E-state index contributed by atoms with van der Waals surface area (Å²) in [5.74, 6) is -0.807. The number of aliphatic hydroxyl groups excluding tert-OH is 4. The van der Waals surface area contributed by atoms with Crippen molar-refractivity contribution in [3.05, 3.63) is 109 Å². The van der Waals surface area contributed by atoms with Crippen molar-refractivity contribution in [3.8, 4) is 23.6 Å². The van der Waals surface area contributed by atoms with Gasteiger partial charge in [0.1, 0.15) is 121 Å². The molecule has 0 radical (unpaired) electrons. The van der Waals surface area contributed by atoms with Crippen molar-refractivity contribution >= 4 is 50.1 Å². The molecule has 30 nitrogen and oxygen atoms in total. The Bertz CT molecular complexity index is 3180. The van der Waals surface area contributed by atoms with E-state index in [1.54, 1.807) is 60.7 Å². The first-order valence-electron chi connectivity index (χ1n) is 25.5. The number of anilines is 2. The molecule has 0 aliphatic carbocycles. The first kappa shape index (κ1) is 59.4. The van der Waals surface area contributed by atoms with Crippen LogP contribution in [-0.4, -0.2) is 161 Å². The highest BCUT2D eigenvalue weighted by atomic mass is 31.2. The van der Waals surface area contributed by atoms with E-state index in [1.165, 1.54) is 59.8 Å². The molecule has 8 heterocycles. The first-order valence-corrected chi connectivity index (χ1v) is 28.5. The Balaban J connectivity index is 0.000000198. The molecule has 4 fully saturated rings. The normalized spacial score (nSPS) is 28.1. The van der Waals surface area contributed by atoms with Crippen molar-refractivity contribution in [1.29, 1.82) is 10.5 Å². The lowest BCUT2D eigenvalue weighted by Gasteiger charge is -2.28. The average molecular weight is 1180 g/mol. The van der Waals surface area contributed by atoms with E-state index in [0.717, 1.165) is 0 Å². The molecule has 2 aromatic carbocycles. The van der Waals surface area contributed by atoms with Crippen LogP contribution in [0.15, 0.2) is 97.6 Å². The van der Waals surface area contributed by atoms with Crippen LogP contribution in [0.2, 0.25) is 0 Å². The number of nitriles is 2. The number of para-hydroxylation sites is 2. The zero-order valence-corrected chi connectivity index (χ0v) is 45.6. The lowest BCUT2D eigenvalue weighted by atomic mass is 9.96. The van der Waals surface area contributed by atoms with Crippen LogP contribution in [0.25, 0.3) is 11.0 Å². The molecule has 14 atom stereocenters. The number of aromatic nitrogens is 6. The van der Waals surface area contributed by atoms with E-state index < -0.39 is 113 Å². The number of fused-ring (bicyclic) bond motifs is 2. The monoisotopic (exact) mass is 1180 g/mol. The second-order valence-corrected chi connectivity index (χ2v) is 22.6. The number of nitrogen functional groups attached to an aromatic ring is 2. The summed E-state index contributed by atoms with van der Waals surface area (Å²) >= 11 is 0. The third kappa shape index (κ3) is 12.9. The molecule has 4 aromatic heterocycles. The number of nitrogens with one attached hydrogen (secondary N) is 2. The maximum Gasteiger partial charge on any atom is 0.459 e. The van der Waals surface area contributed by atoms with E-state index in [1.807, 2.05) is 12.1 Å². The number of esters is 2. The molecule has 32 heteroatoms. The minimum Gasteiger partial charge on any atom is -0.459 e. The third-order valence-corrected chi connectivity index (χ3v) is 16.7. The van der Waals surface area contributed by atoms with Crippen molar-refractivity contribution < 1.29 is 85.7 Å². The van der Waals surface area contributed by atoms with Crippen molar-refractivity contribution in [2.45, 2.75) is 98.8 Å². The van der Waals surface area contributed by atoms with Gasteiger partial charge >= 0.3 is 27.4 Å². The number of carbonyl (C=O) groups excluding carboxylic acids is 2. The molecule has 10 N–H and O–H groups in total. The van der Waals surface area contributed by atoms with Crippen molar-refractivity contribution in [3.63, 3.8) is 0 Å². The smallest absolute Gasteiger partial charge is 0.459 e. The molecule has 82 heavy (non-hydrogen) atoms. The standard InChI is InChI=1S/2C25H29N6O9P/c2*1-15(24(34)38-17-9-10-36-11-17)30-41(35,40-16-5-3-2-4-6-16)37-13-25(12-26)22(33)20(32)21(39-25)18-7-8-19-23(27)28-14-29-31(18)19/h2*2-8,14-15,17,20-22,32-33H,9-11,13H2,1H3,(H,30,35)(H2,27,28,29)/t15-,17-,20-,21-,22-,25+,41+;15-,17-,20-,21-,22-,25+,41-/m00/s1. The number of hydrogen-bond donors (Lipinski definition) is 8. The van der Waals surface area contributed by atoms with E-state index in [4.69, 9.17) is 58.0 Å². The van der Waals surface area contributed by atoms with Crippen molar-refractivity contribution in [2.75, 3.05) is 51.1 Å². The third-order valence-electron chi connectivity index (χ3n) is 13.5. The molecule has 4 saturated heterocycles. The van der Waals surface area contributed by atoms with E-state index in [0.29, 0.717) is 37.1 Å². The average Bonchev–Trinajstić information content (AvgIpc) is 3.26. The number of nitrogens with zero attached hydrogens (tertiary/aromatic N) is 8. The lowest BCUT2D eigenvalue weighted by Crippen LogP contribution is -2.46. The summed E-state index contributed by atoms with van der Waals surface area (Å²) in [5.41, 5.74) is 8.82. The van der Waals surface area contributed by atoms with Gasteiger partial charge in [-0.25, -0.2) is 28.1 Å². The lowest BCUT2D eigenvalue weighted by molar-refractivity contribution is -0.151. The second-order valence-electron chi connectivity index (χ2n) is 19.2. The summed E-state index contributed by atoms with van der Waals surface area (Å²) in [7, 11) is -8.85. The van der Waals surface area contributed by atoms with Crippen LogP contribution in [0.1, 0.15) is 50.3 Å². The molecule has 0 amide bonds. The highest BCUT2D eigenvalue weighted by Gasteiger charge is 2.59. The van der Waals surface area contributed by atoms with Gasteiger partial charge in [0.25, 0.3) is 0 Å². The Labute approximate surface area is 466 Å². The SMILES string of the molecule is C[C@H](N[P@@](=O)(OC[C@@]1(C#N)O[C@@H](c2ccc3c(N)ncnn23)[C@H](O)[C@@H]1O)Oc1ccccc1)C(=O)O[C@H]1CCOC1.C[C@H](N[P@](=O)(OC[C@@]1(C#N)O[C@@H](c2ccc3c(N)ncnn23)[C@H](O)[C@@H]1O)Oc1ccccc1)C(=O)O[C@H]1CCOC1. The largest absolute Gasteiger partial charge is 0.459 e. The van der Waals surface area contributed by atoms with Crippen molar-refractivity contribution in [2.24, 2.45) is 0 Å². The fourth-order valence-corrected chi connectivity index (χ4v) is 12.1. The predicted octanol–water partition coefficient (Wildman–Crippen LogP) is 1.76. The number of aliphatic hydroxyl groups is 4. The zero-order valence-electron chi connectivity index (χ0n) is 43.8. The van der Waals surface area contributed by atoms with E-state index in [-0.39, 0.29) is 47.7 Å². The molecule has 0 bridgehead atoms. The van der Waals surface area contributed by atoms with Gasteiger partial charge in [-0.3, -0.25) is 18.6 Å². The van der Waals surface area contributed by atoms with Gasteiger partial charge < -0.3 is 69.4 Å². The highest BCUT2D eigenvalue weighted by molar-refractivity contribution is 7.52. The van der Waals surface area contributed by atoms with Gasteiger partial charge in [0.15, 0.2) is 11.6 Å². The van der Waals surface area contributed by atoms with Crippen LogP contribution in [0.4, 0.5) is 11.6 Å². The summed E-state index contributed by atoms with van der Waals surface area (Å²) in [5, 5.41) is 77.1. The summed E-state index contributed by atoms with van der Waals surface area (Å²) < 4.78 is 86.0. The highest BCUT2D eigenvalue weighted by Crippen LogP contribution is 2.50. The Hall–Kier alpha value is -7.22. The molecule has 0 spiro atoms. The number of carbonyl (C=O) groups is 2. The van der Waals surface area contributed by atoms with Crippen LogP contribution >= 0.6 is 15.5 Å². The summed E-state index contributed by atoms with van der Waals surface area (Å²) in [6, 6.07) is 23.7. The van der Waals surface area contributed by atoms with Crippen LogP contribution in [0.5, 0.6) is 11.5 Å². The molecule has 0 saturated carbocycles. The summed E-state index contributed by atoms with van der Waals surface area (Å²) in [6.45, 7) is 2.63. The fourth-order valence-electron chi connectivity index (χ4n) is 9.06. The zero-order chi connectivity index (χ0) is 58.4. The summed E-state index contributed by atoms with van der Waals surface area (Å²) in [6.07, 6.45) is -6.66. The van der Waals surface area contributed by atoms with Gasteiger partial charge in [0.05, 0.1) is 37.8 Å². The first-order chi connectivity index (χ1) is 39.3. The minimum atomic E-state index is -4.42. The number of rotatable bonds is 20. The van der Waals surface area contributed by atoms with Gasteiger partial charge in [-0.2, -0.15) is 30.9 Å². The molecular formula is C50H58N12O18P2. The predicted molar refractivity (Wildman–Crippen MR) is 280 cm³/mol. The minimum absolute atomic E-state index is 0.141. The molecule has 6 aromatic rings. The van der Waals surface area contributed by atoms with Crippen molar-refractivity contribution in [1.82, 2.24) is 39.4 Å². The molecule has 4 aliphatic rings. The van der Waals surface area contributed by atoms with Crippen LogP contribution < -0.4 is 30.7 Å². The number of ether oxygens (including phenoxy) is 6. The van der Waals surface area contributed by atoms with E-state index in [9.17, 15) is 49.7 Å². The quantitative estimate of drug-likeness (QED) is 0.0399. The van der Waals surface area contributed by atoms with Gasteiger partial charge in [-0.15, -0.1) is 0 Å². The molecule has 0 unspecified atom stereocenters. The summed E-state index contributed by atoms with van der Waals surface area (Å²) in [4.78, 5) is 33.2. The topological polar surface area (TPSA) is 426 Å². The Morgan fingerprint density at radius 1 is 0.671 bits per heavy atom. The van der Waals surface area contributed by atoms with Gasteiger partial charge in [-0.1, -0.05) is 36.4 Å². The Morgan fingerprint density at radius 3 is 1.41 bits per heavy atom. The van der Waals surface area contributed by atoms with E-state index in [2.05, 4.69) is 30.3 Å². The van der Waals surface area contributed by atoms with Crippen LogP contribution in [-0.2, 0) is 56.2 Å². The maximum atomic E-state index is 13.9. The van der Waals surface area contributed by atoms with E-state index >= 15 is 0 Å². The second kappa shape index (κ2) is 25.1. The van der Waals surface area contributed by atoms with Gasteiger partial charge in [-0.05, 0) is 62.4 Å². The number of hydrogen-bond acceptors (Lipinski definition) is 26. The van der Waals surface area contributed by atoms with Gasteiger partial charge in [0, 0.05) is 12.8 Å².